The third-order valence-electron chi connectivity index (χ3n) is 6.19. The normalized spacial score (nSPS) is 14.1. The van der Waals surface area contributed by atoms with Crippen LogP contribution < -0.4 is 10.2 Å². The molecule has 170 valence electrons. The van der Waals surface area contributed by atoms with Crippen molar-refractivity contribution in [2.75, 3.05) is 42.9 Å². The highest BCUT2D eigenvalue weighted by molar-refractivity contribution is 7.13. The van der Waals surface area contributed by atoms with Crippen LogP contribution >= 0.6 is 11.5 Å². The molecule has 1 fully saturated rings. The molecule has 1 amide bonds. The van der Waals surface area contributed by atoms with Crippen LogP contribution in [0.4, 0.5) is 11.5 Å². The first-order valence-corrected chi connectivity index (χ1v) is 12.2. The van der Waals surface area contributed by atoms with E-state index in [0.29, 0.717) is 11.1 Å². The van der Waals surface area contributed by atoms with Gasteiger partial charge in [-0.05, 0) is 66.0 Å². The third-order valence-corrected chi connectivity index (χ3v) is 7.00. The molecule has 4 aromatic rings. The summed E-state index contributed by atoms with van der Waals surface area (Å²) in [4.78, 5) is 17.5. The van der Waals surface area contributed by atoms with Gasteiger partial charge in [0.05, 0.1) is 16.3 Å². The van der Waals surface area contributed by atoms with Crippen molar-refractivity contribution in [3.63, 3.8) is 0 Å². The molecule has 1 aromatic heterocycles. The smallest absolute Gasteiger partial charge is 0.255 e. The second-order valence-corrected chi connectivity index (χ2v) is 9.23. The van der Waals surface area contributed by atoms with Crippen molar-refractivity contribution in [1.29, 1.82) is 5.26 Å². The Kier molecular flexibility index (Phi) is 6.52. The average Bonchev–Trinajstić information content (AvgIpc) is 3.32. The van der Waals surface area contributed by atoms with E-state index < -0.39 is 0 Å². The first-order valence-electron chi connectivity index (χ1n) is 11.4. The number of aromatic nitrogens is 1. The topological polar surface area (TPSA) is 72.3 Å². The summed E-state index contributed by atoms with van der Waals surface area (Å²) in [6.07, 6.45) is 0.924. The summed E-state index contributed by atoms with van der Waals surface area (Å²) in [6.45, 7) is 4.96. The monoisotopic (exact) mass is 467 g/mol. The molecule has 1 saturated heterocycles. The molecule has 2 heterocycles. The van der Waals surface area contributed by atoms with E-state index in [1.165, 1.54) is 15.6 Å². The van der Waals surface area contributed by atoms with Crippen LogP contribution in [0.5, 0.6) is 0 Å². The van der Waals surface area contributed by atoms with Crippen LogP contribution in [0, 0.1) is 11.3 Å². The van der Waals surface area contributed by atoms with Gasteiger partial charge in [-0.3, -0.25) is 9.69 Å². The Labute approximate surface area is 203 Å². The molecular weight excluding hydrogens is 442 g/mol. The number of nitrogens with one attached hydrogen (secondary N) is 1. The Morgan fingerprint density at radius 3 is 2.68 bits per heavy atom. The fraction of sp³-hybridized carbons (Fsp3) is 0.222. The summed E-state index contributed by atoms with van der Waals surface area (Å²) in [7, 11) is 0. The Morgan fingerprint density at radius 1 is 1.00 bits per heavy atom. The minimum absolute atomic E-state index is 0.208. The van der Waals surface area contributed by atoms with Crippen LogP contribution in [0.3, 0.4) is 0 Å². The molecule has 1 aliphatic heterocycles. The highest BCUT2D eigenvalue weighted by atomic mass is 32.1. The Hall–Kier alpha value is -3.73. The van der Waals surface area contributed by atoms with E-state index in [9.17, 15) is 4.79 Å². The van der Waals surface area contributed by atoms with Gasteiger partial charge in [0.2, 0.25) is 0 Å². The number of carbonyl (C=O) groups excluding carboxylic acids is 1. The van der Waals surface area contributed by atoms with Crippen LogP contribution in [0.25, 0.3) is 10.1 Å². The number of piperazine rings is 1. The molecule has 1 aliphatic rings. The molecule has 0 atom stereocenters. The fourth-order valence-electron chi connectivity index (χ4n) is 4.31. The van der Waals surface area contributed by atoms with Gasteiger partial charge in [-0.1, -0.05) is 30.3 Å². The van der Waals surface area contributed by atoms with Crippen molar-refractivity contribution in [1.82, 2.24) is 9.27 Å². The summed E-state index contributed by atoms with van der Waals surface area (Å²) in [5.41, 5.74) is 2.92. The van der Waals surface area contributed by atoms with Crippen molar-refractivity contribution in [3.8, 4) is 6.07 Å². The number of fused-ring (bicyclic) bond motifs is 1. The molecule has 0 radical (unpaired) electrons. The molecular formula is C27H25N5OS. The molecule has 7 heteroatoms. The van der Waals surface area contributed by atoms with E-state index in [4.69, 9.17) is 9.64 Å². The molecule has 0 bridgehead atoms. The number of nitrogens with zero attached hydrogens (tertiary/aromatic N) is 4. The van der Waals surface area contributed by atoms with Crippen LogP contribution in [-0.4, -0.2) is 47.9 Å². The van der Waals surface area contributed by atoms with Gasteiger partial charge in [0.15, 0.2) is 0 Å². The quantitative estimate of drug-likeness (QED) is 0.442. The summed E-state index contributed by atoms with van der Waals surface area (Å²) >= 11 is 1.57. The van der Waals surface area contributed by atoms with Gasteiger partial charge in [-0.15, -0.1) is 0 Å². The molecule has 0 spiro atoms. The summed E-state index contributed by atoms with van der Waals surface area (Å²) in [5, 5.41) is 13.2. The number of anilines is 2. The van der Waals surface area contributed by atoms with E-state index in [-0.39, 0.29) is 5.91 Å². The van der Waals surface area contributed by atoms with Gasteiger partial charge < -0.3 is 10.2 Å². The maximum absolute atomic E-state index is 12.6. The second-order valence-electron chi connectivity index (χ2n) is 8.43. The Balaban J connectivity index is 1.15. The lowest BCUT2D eigenvalue weighted by molar-refractivity contribution is 0.102. The number of nitriles is 1. The zero-order chi connectivity index (χ0) is 23.3. The average molecular weight is 468 g/mol. The number of rotatable bonds is 6. The van der Waals surface area contributed by atoms with Crippen LogP contribution in [0.15, 0.2) is 72.8 Å². The molecule has 3 aromatic carbocycles. The first kappa shape index (κ1) is 22.1. The van der Waals surface area contributed by atoms with Crippen LogP contribution in [0.2, 0.25) is 0 Å². The zero-order valence-electron chi connectivity index (χ0n) is 18.8. The van der Waals surface area contributed by atoms with Gasteiger partial charge in [-0.2, -0.15) is 9.64 Å². The van der Waals surface area contributed by atoms with Gasteiger partial charge in [0.1, 0.15) is 5.82 Å². The van der Waals surface area contributed by atoms with Crippen LogP contribution in [-0.2, 0) is 6.42 Å². The van der Waals surface area contributed by atoms with E-state index in [0.717, 1.165) is 50.6 Å². The molecule has 0 saturated carbocycles. The molecule has 0 unspecified atom stereocenters. The van der Waals surface area contributed by atoms with Crippen molar-refractivity contribution in [2.45, 2.75) is 6.42 Å². The van der Waals surface area contributed by atoms with Crippen molar-refractivity contribution in [2.24, 2.45) is 0 Å². The SMILES string of the molecule is N#Cc1cccc(C(=O)Nc2cccc(CCN3CCN(c4nsc5ccccc45)CC3)c2)c1. The van der Waals surface area contributed by atoms with E-state index >= 15 is 0 Å². The number of amides is 1. The highest BCUT2D eigenvalue weighted by Crippen LogP contribution is 2.29. The molecule has 0 aliphatic carbocycles. The predicted octanol–water partition coefficient (Wildman–Crippen LogP) is 4.78. The fourth-order valence-corrected chi connectivity index (χ4v) is 5.10. The lowest BCUT2D eigenvalue weighted by Crippen LogP contribution is -2.47. The molecule has 6 nitrogen and oxygen atoms in total. The van der Waals surface area contributed by atoms with Gasteiger partial charge in [0.25, 0.3) is 5.91 Å². The molecule has 34 heavy (non-hydrogen) atoms. The number of hydrogen-bond acceptors (Lipinski definition) is 6. The minimum Gasteiger partial charge on any atom is -0.353 e. The number of benzene rings is 3. The van der Waals surface area contributed by atoms with E-state index in [1.807, 2.05) is 18.2 Å². The standard InChI is InChI=1S/C27H25N5OS/c28-19-21-6-3-7-22(17-21)27(33)29-23-8-4-5-20(18-23)11-12-31-13-15-32(16-14-31)26-24-9-1-2-10-25(24)34-30-26/h1-10,17-18H,11-16H2,(H,29,33). The molecule has 5 rings (SSSR count). The lowest BCUT2D eigenvalue weighted by atomic mass is 10.1. The number of carbonyl (C=O) groups is 1. The van der Waals surface area contributed by atoms with Crippen molar-refractivity contribution >= 4 is 39.0 Å². The lowest BCUT2D eigenvalue weighted by Gasteiger charge is -2.35. The third kappa shape index (κ3) is 4.93. The van der Waals surface area contributed by atoms with Crippen LogP contribution in [0.1, 0.15) is 21.5 Å². The summed E-state index contributed by atoms with van der Waals surface area (Å²) in [5.74, 6) is 0.906. The largest absolute Gasteiger partial charge is 0.353 e. The van der Waals surface area contributed by atoms with Gasteiger partial charge in [0, 0.05) is 49.4 Å². The summed E-state index contributed by atoms with van der Waals surface area (Å²) < 4.78 is 5.94. The minimum atomic E-state index is -0.208. The number of hydrogen-bond donors (Lipinski definition) is 1. The van der Waals surface area contributed by atoms with Gasteiger partial charge >= 0.3 is 0 Å². The second kappa shape index (κ2) is 10.0. The Bertz CT molecular complexity index is 1350. The predicted molar refractivity (Wildman–Crippen MR) is 138 cm³/mol. The van der Waals surface area contributed by atoms with Crippen molar-refractivity contribution < 1.29 is 4.79 Å². The Morgan fingerprint density at radius 2 is 1.82 bits per heavy atom. The van der Waals surface area contributed by atoms with Gasteiger partial charge in [-0.25, -0.2) is 0 Å². The maximum atomic E-state index is 12.6. The molecule has 1 N–H and O–H groups in total. The summed E-state index contributed by atoms with van der Waals surface area (Å²) in [6, 6.07) is 25.2. The van der Waals surface area contributed by atoms with Crippen molar-refractivity contribution in [3.05, 3.63) is 89.5 Å². The van der Waals surface area contributed by atoms with E-state index in [1.54, 1.807) is 35.8 Å². The zero-order valence-corrected chi connectivity index (χ0v) is 19.6. The van der Waals surface area contributed by atoms with E-state index in [2.05, 4.69) is 51.5 Å². The highest BCUT2D eigenvalue weighted by Gasteiger charge is 2.20. The maximum Gasteiger partial charge on any atom is 0.255 e. The first-order chi connectivity index (χ1) is 16.7.